The van der Waals surface area contributed by atoms with Crippen LogP contribution in [0.25, 0.3) is 0 Å². The summed E-state index contributed by atoms with van der Waals surface area (Å²) in [5.41, 5.74) is 0. The van der Waals surface area contributed by atoms with Crippen molar-refractivity contribution < 1.29 is 27.2 Å². The molecule has 1 unspecified atom stereocenters. The highest BCUT2D eigenvalue weighted by Gasteiger charge is 2.34. The van der Waals surface area contributed by atoms with Gasteiger partial charge in [0.1, 0.15) is 5.75 Å². The van der Waals surface area contributed by atoms with Gasteiger partial charge in [0.2, 0.25) is 10.0 Å². The lowest BCUT2D eigenvalue weighted by atomic mass is 10.0. The highest BCUT2D eigenvalue weighted by molar-refractivity contribution is 7.89. The smallest absolute Gasteiger partial charge is 0.310 e. The van der Waals surface area contributed by atoms with E-state index < -0.39 is 21.9 Å². The molecule has 1 aromatic carbocycles. The SMILES string of the molecule is COc1ccc(S(=O)(=O)N2CCCC(C(=O)OCc3nc(C(C)C)no3)C2)cc1. The van der Waals surface area contributed by atoms with E-state index in [1.807, 2.05) is 13.8 Å². The van der Waals surface area contributed by atoms with E-state index >= 15 is 0 Å². The molecule has 10 heteroatoms. The minimum absolute atomic E-state index is 0.0777. The quantitative estimate of drug-likeness (QED) is 0.624. The standard InChI is InChI=1S/C19H25N3O6S/c1-13(2)18-20-17(28-21-18)12-27-19(23)14-5-4-10-22(11-14)29(24,25)16-8-6-15(26-3)7-9-16/h6-9,13-14H,4-5,10-12H2,1-3H3. The van der Waals surface area contributed by atoms with Gasteiger partial charge < -0.3 is 14.0 Å². The van der Waals surface area contributed by atoms with E-state index in [4.69, 9.17) is 14.0 Å². The maximum Gasteiger partial charge on any atom is 0.310 e. The summed E-state index contributed by atoms with van der Waals surface area (Å²) in [6.45, 7) is 4.18. The van der Waals surface area contributed by atoms with Gasteiger partial charge in [0.25, 0.3) is 5.89 Å². The third-order valence-electron chi connectivity index (χ3n) is 4.75. The largest absolute Gasteiger partial charge is 0.497 e. The molecule has 29 heavy (non-hydrogen) atoms. The fourth-order valence-electron chi connectivity index (χ4n) is 3.06. The van der Waals surface area contributed by atoms with E-state index in [1.165, 1.54) is 23.5 Å². The van der Waals surface area contributed by atoms with E-state index in [-0.39, 0.29) is 29.9 Å². The van der Waals surface area contributed by atoms with Crippen LogP contribution in [0.1, 0.15) is 44.3 Å². The fraction of sp³-hybridized carbons (Fsp3) is 0.526. The molecule has 9 nitrogen and oxygen atoms in total. The summed E-state index contributed by atoms with van der Waals surface area (Å²) in [5.74, 6) is 0.447. The van der Waals surface area contributed by atoms with E-state index in [1.54, 1.807) is 12.1 Å². The molecule has 0 bridgehead atoms. The molecule has 2 aromatic rings. The number of aromatic nitrogens is 2. The van der Waals surface area contributed by atoms with Gasteiger partial charge in [-0.25, -0.2) is 8.42 Å². The Balaban J connectivity index is 1.62. The number of ether oxygens (including phenoxy) is 2. The van der Waals surface area contributed by atoms with Crippen molar-refractivity contribution in [2.75, 3.05) is 20.2 Å². The number of methoxy groups -OCH3 is 1. The molecular weight excluding hydrogens is 398 g/mol. The number of hydrogen-bond acceptors (Lipinski definition) is 8. The van der Waals surface area contributed by atoms with Crippen LogP contribution in [0.5, 0.6) is 5.75 Å². The normalized spacial score (nSPS) is 18.0. The Kier molecular flexibility index (Phi) is 6.53. The molecule has 1 aliphatic heterocycles. The number of carbonyl (C=O) groups is 1. The van der Waals surface area contributed by atoms with Crippen LogP contribution in [-0.4, -0.2) is 49.0 Å². The van der Waals surface area contributed by atoms with Gasteiger partial charge in [-0.1, -0.05) is 19.0 Å². The Morgan fingerprint density at radius 3 is 2.66 bits per heavy atom. The summed E-state index contributed by atoms with van der Waals surface area (Å²) in [5, 5.41) is 3.82. The van der Waals surface area contributed by atoms with Gasteiger partial charge in [0.05, 0.1) is 17.9 Å². The summed E-state index contributed by atoms with van der Waals surface area (Å²) in [7, 11) is -2.18. The van der Waals surface area contributed by atoms with Crippen LogP contribution in [0.2, 0.25) is 0 Å². The molecule has 1 aliphatic rings. The molecule has 0 N–H and O–H groups in total. The van der Waals surface area contributed by atoms with Crippen LogP contribution in [-0.2, 0) is 26.2 Å². The molecule has 158 valence electrons. The van der Waals surface area contributed by atoms with Crippen LogP contribution in [0, 0.1) is 5.92 Å². The highest BCUT2D eigenvalue weighted by Crippen LogP contribution is 2.26. The zero-order valence-electron chi connectivity index (χ0n) is 16.7. The summed E-state index contributed by atoms with van der Waals surface area (Å²) in [6.07, 6.45) is 1.14. The summed E-state index contributed by atoms with van der Waals surface area (Å²) in [4.78, 5) is 16.8. The Morgan fingerprint density at radius 1 is 1.31 bits per heavy atom. The van der Waals surface area contributed by atoms with Gasteiger partial charge in [-0.2, -0.15) is 9.29 Å². The average molecular weight is 423 g/mol. The number of piperidine rings is 1. The first kappa shape index (κ1) is 21.3. The Labute approximate surface area is 170 Å². The number of rotatable bonds is 7. The minimum Gasteiger partial charge on any atom is -0.497 e. The highest BCUT2D eigenvalue weighted by atomic mass is 32.2. The van der Waals surface area contributed by atoms with Crippen LogP contribution >= 0.6 is 0 Å². The van der Waals surface area contributed by atoms with Crippen molar-refractivity contribution in [1.29, 1.82) is 0 Å². The van der Waals surface area contributed by atoms with Gasteiger partial charge in [-0.05, 0) is 37.1 Å². The number of benzene rings is 1. The third-order valence-corrected chi connectivity index (χ3v) is 6.63. The summed E-state index contributed by atoms with van der Waals surface area (Å²) < 4.78 is 42.5. The first-order valence-electron chi connectivity index (χ1n) is 9.44. The maximum atomic E-state index is 12.9. The molecule has 0 radical (unpaired) electrons. The topological polar surface area (TPSA) is 112 Å². The van der Waals surface area contributed by atoms with E-state index in [0.29, 0.717) is 31.0 Å². The molecule has 1 aromatic heterocycles. The first-order valence-corrected chi connectivity index (χ1v) is 10.9. The van der Waals surface area contributed by atoms with Crippen LogP contribution in [0.4, 0.5) is 0 Å². The van der Waals surface area contributed by atoms with E-state index in [9.17, 15) is 13.2 Å². The molecule has 0 spiro atoms. The van der Waals surface area contributed by atoms with Gasteiger partial charge >= 0.3 is 5.97 Å². The molecule has 1 fully saturated rings. The zero-order chi connectivity index (χ0) is 21.0. The van der Waals surface area contributed by atoms with Crippen molar-refractivity contribution in [1.82, 2.24) is 14.4 Å². The number of nitrogens with zero attached hydrogens (tertiary/aromatic N) is 3. The zero-order valence-corrected chi connectivity index (χ0v) is 17.5. The first-order chi connectivity index (χ1) is 13.8. The second-order valence-corrected chi connectivity index (χ2v) is 9.12. The molecule has 0 aliphatic carbocycles. The monoisotopic (exact) mass is 423 g/mol. The third kappa shape index (κ3) is 4.94. The molecule has 0 saturated carbocycles. The molecule has 0 amide bonds. The number of hydrogen-bond donors (Lipinski definition) is 0. The number of esters is 1. The van der Waals surface area contributed by atoms with Crippen molar-refractivity contribution in [3.05, 3.63) is 36.0 Å². The molecule has 3 rings (SSSR count). The van der Waals surface area contributed by atoms with Crippen molar-refractivity contribution in [2.24, 2.45) is 5.92 Å². The predicted octanol–water partition coefficient (Wildman–Crippen LogP) is 2.35. The minimum atomic E-state index is -3.70. The lowest BCUT2D eigenvalue weighted by Gasteiger charge is -2.30. The Morgan fingerprint density at radius 2 is 2.03 bits per heavy atom. The second kappa shape index (κ2) is 8.91. The summed E-state index contributed by atoms with van der Waals surface area (Å²) >= 11 is 0. The summed E-state index contributed by atoms with van der Waals surface area (Å²) in [6, 6.07) is 6.19. The van der Waals surface area contributed by atoms with Gasteiger partial charge in [-0.3, -0.25) is 4.79 Å². The van der Waals surface area contributed by atoms with Gasteiger partial charge in [-0.15, -0.1) is 0 Å². The number of carbonyl (C=O) groups excluding carboxylic acids is 1. The molecular formula is C19H25N3O6S. The van der Waals surface area contributed by atoms with Crippen LogP contribution < -0.4 is 4.74 Å². The van der Waals surface area contributed by atoms with Crippen molar-refractivity contribution >= 4 is 16.0 Å². The van der Waals surface area contributed by atoms with Crippen LogP contribution in [0.3, 0.4) is 0 Å². The maximum absolute atomic E-state index is 12.9. The Bertz CT molecular complexity index is 939. The van der Waals surface area contributed by atoms with Crippen molar-refractivity contribution in [3.63, 3.8) is 0 Å². The van der Waals surface area contributed by atoms with Crippen molar-refractivity contribution in [2.45, 2.75) is 44.1 Å². The van der Waals surface area contributed by atoms with E-state index in [0.717, 1.165) is 0 Å². The van der Waals surface area contributed by atoms with Crippen LogP contribution in [0.15, 0.2) is 33.7 Å². The molecule has 2 heterocycles. The Hall–Kier alpha value is -2.46. The van der Waals surface area contributed by atoms with E-state index in [2.05, 4.69) is 10.1 Å². The predicted molar refractivity (Wildman–Crippen MR) is 103 cm³/mol. The molecule has 1 atom stereocenters. The lowest BCUT2D eigenvalue weighted by molar-refractivity contribution is -0.151. The van der Waals surface area contributed by atoms with Crippen molar-refractivity contribution in [3.8, 4) is 5.75 Å². The second-order valence-electron chi connectivity index (χ2n) is 7.19. The number of sulfonamides is 1. The lowest BCUT2D eigenvalue weighted by Crippen LogP contribution is -2.42. The average Bonchev–Trinajstić information content (AvgIpc) is 3.21. The van der Waals surface area contributed by atoms with Gasteiger partial charge in [0, 0.05) is 19.0 Å². The molecule has 1 saturated heterocycles. The van der Waals surface area contributed by atoms with Gasteiger partial charge in [0.15, 0.2) is 12.4 Å². The fourth-order valence-corrected chi connectivity index (χ4v) is 4.59.